The molecule has 0 aromatic carbocycles. The van der Waals surface area contributed by atoms with Crippen molar-refractivity contribution in [1.82, 2.24) is 14.8 Å². The van der Waals surface area contributed by atoms with Gasteiger partial charge in [0.1, 0.15) is 0 Å². The molecule has 2 aromatic rings. The third-order valence-electron chi connectivity index (χ3n) is 5.05. The number of fused-ring (bicyclic) bond motifs is 1. The van der Waals surface area contributed by atoms with E-state index in [2.05, 4.69) is 16.0 Å². The number of hydrogen-bond donors (Lipinski definition) is 1. The summed E-state index contributed by atoms with van der Waals surface area (Å²) in [5.74, 6) is -2.62. The smallest absolute Gasteiger partial charge is 0.475 e. The average molecular weight is 457 g/mol. The molecular weight excluding hydrogens is 435 g/mol. The fraction of sp³-hybridized carbons (Fsp3) is 0.450. The summed E-state index contributed by atoms with van der Waals surface area (Å²) in [5.41, 5.74) is 1.87. The molecule has 2 fully saturated rings. The van der Waals surface area contributed by atoms with Gasteiger partial charge in [-0.2, -0.15) is 24.5 Å². The number of hydrogen-bond acceptors (Lipinski definition) is 6. The number of alkyl halides is 3. The van der Waals surface area contributed by atoms with E-state index < -0.39 is 12.1 Å². The second-order valence-electron chi connectivity index (χ2n) is 7.13. The van der Waals surface area contributed by atoms with Crippen LogP contribution in [0, 0.1) is 0 Å². The lowest BCUT2D eigenvalue weighted by atomic mass is 9.98. The normalized spacial score (nSPS) is 21.6. The quantitative estimate of drug-likeness (QED) is 0.763. The number of pyridine rings is 1. The molecule has 31 heavy (non-hydrogen) atoms. The van der Waals surface area contributed by atoms with Crippen molar-refractivity contribution in [3.8, 4) is 0 Å². The Kier molecular flexibility index (Phi) is 7.63. The zero-order valence-corrected chi connectivity index (χ0v) is 17.3. The topological polar surface area (TPSA) is 83.0 Å². The molecule has 4 heterocycles. The van der Waals surface area contributed by atoms with Crippen LogP contribution in [0.15, 0.2) is 41.2 Å². The lowest BCUT2D eigenvalue weighted by Gasteiger charge is -2.47. The van der Waals surface area contributed by atoms with Crippen LogP contribution in [0.25, 0.3) is 0 Å². The predicted molar refractivity (Wildman–Crippen MR) is 107 cm³/mol. The van der Waals surface area contributed by atoms with Crippen LogP contribution >= 0.6 is 11.3 Å². The highest BCUT2D eigenvalue weighted by molar-refractivity contribution is 7.08. The van der Waals surface area contributed by atoms with Crippen molar-refractivity contribution < 1.29 is 32.6 Å². The first-order valence-electron chi connectivity index (χ1n) is 9.63. The maximum Gasteiger partial charge on any atom is 0.490 e. The van der Waals surface area contributed by atoms with Crippen molar-refractivity contribution in [2.75, 3.05) is 26.2 Å². The third-order valence-corrected chi connectivity index (χ3v) is 5.74. The van der Waals surface area contributed by atoms with Gasteiger partial charge in [0, 0.05) is 37.8 Å². The number of carboxylic acids is 1. The van der Waals surface area contributed by atoms with Crippen LogP contribution in [0.5, 0.6) is 0 Å². The lowest BCUT2D eigenvalue weighted by molar-refractivity contribution is -0.192. The van der Waals surface area contributed by atoms with Crippen molar-refractivity contribution in [2.45, 2.75) is 31.3 Å². The second kappa shape index (κ2) is 10.2. The molecule has 2 aliphatic rings. The molecule has 0 bridgehead atoms. The van der Waals surface area contributed by atoms with E-state index in [0.717, 1.165) is 37.3 Å². The zero-order chi connectivity index (χ0) is 22.4. The molecule has 168 valence electrons. The highest BCUT2D eigenvalue weighted by Gasteiger charge is 2.40. The minimum Gasteiger partial charge on any atom is -0.475 e. The third kappa shape index (κ3) is 6.25. The molecule has 0 spiro atoms. The summed E-state index contributed by atoms with van der Waals surface area (Å²) >= 11 is 1.57. The van der Waals surface area contributed by atoms with E-state index in [4.69, 9.17) is 14.6 Å². The van der Waals surface area contributed by atoms with Crippen molar-refractivity contribution >= 4 is 23.2 Å². The summed E-state index contributed by atoms with van der Waals surface area (Å²) in [7, 11) is 0. The molecule has 4 rings (SSSR count). The number of halogens is 3. The molecule has 2 atom stereocenters. The van der Waals surface area contributed by atoms with Gasteiger partial charge in [-0.1, -0.05) is 6.07 Å². The van der Waals surface area contributed by atoms with Crippen LogP contribution in [-0.4, -0.2) is 76.3 Å². The highest BCUT2D eigenvalue weighted by Crippen LogP contribution is 2.26. The van der Waals surface area contributed by atoms with Gasteiger partial charge in [0.05, 0.1) is 30.0 Å². The Morgan fingerprint density at radius 2 is 2.03 bits per heavy atom. The van der Waals surface area contributed by atoms with E-state index in [1.54, 1.807) is 11.3 Å². The molecule has 2 aliphatic heterocycles. The van der Waals surface area contributed by atoms with Gasteiger partial charge < -0.3 is 14.7 Å². The summed E-state index contributed by atoms with van der Waals surface area (Å²) in [6.07, 6.45) is -2.13. The lowest BCUT2D eigenvalue weighted by Crippen LogP contribution is -2.61. The number of nitrogens with zero attached hydrogens (tertiary/aromatic N) is 3. The molecule has 0 radical (unpaired) electrons. The van der Waals surface area contributed by atoms with Crippen molar-refractivity contribution in [3.05, 3.63) is 52.5 Å². The molecule has 7 nitrogen and oxygen atoms in total. The molecule has 0 aliphatic carbocycles. The molecule has 11 heteroatoms. The maximum absolute atomic E-state index is 12.8. The van der Waals surface area contributed by atoms with E-state index in [1.165, 1.54) is 0 Å². The number of aliphatic carboxylic acids is 1. The van der Waals surface area contributed by atoms with Gasteiger partial charge in [0.15, 0.2) is 0 Å². The molecule has 1 N–H and O–H groups in total. The number of carbonyl (C=O) groups excluding carboxylic acids is 1. The molecule has 1 amide bonds. The Morgan fingerprint density at radius 3 is 2.65 bits per heavy atom. The SMILES string of the molecule is O=C(O)C(F)(F)F.O=C(c1ccsc1)N1CCO[C@H]2CCN(Cc3ccccn3)C[C@@H]21. The number of likely N-dealkylation sites (tertiary alicyclic amines) is 1. The van der Waals surface area contributed by atoms with Crippen LogP contribution in [0.4, 0.5) is 13.2 Å². The van der Waals surface area contributed by atoms with Crippen LogP contribution < -0.4 is 0 Å². The largest absolute Gasteiger partial charge is 0.490 e. The fourth-order valence-corrected chi connectivity index (χ4v) is 4.24. The van der Waals surface area contributed by atoms with Gasteiger partial charge in [-0.15, -0.1) is 0 Å². The number of carboxylic acid groups (broad SMARTS) is 1. The van der Waals surface area contributed by atoms with E-state index >= 15 is 0 Å². The van der Waals surface area contributed by atoms with Crippen LogP contribution in [0.2, 0.25) is 0 Å². The minimum absolute atomic E-state index is 0.128. The monoisotopic (exact) mass is 457 g/mol. The molecule has 0 saturated carbocycles. The first-order chi connectivity index (χ1) is 14.8. The number of thiophene rings is 1. The number of morpholine rings is 1. The summed E-state index contributed by atoms with van der Waals surface area (Å²) in [5, 5.41) is 11.0. The van der Waals surface area contributed by atoms with Crippen LogP contribution in [0.1, 0.15) is 22.5 Å². The van der Waals surface area contributed by atoms with Gasteiger partial charge >= 0.3 is 12.1 Å². The van der Waals surface area contributed by atoms with Crippen LogP contribution in [-0.2, 0) is 16.1 Å². The summed E-state index contributed by atoms with van der Waals surface area (Å²) in [6, 6.07) is 8.05. The van der Waals surface area contributed by atoms with Gasteiger partial charge in [0.2, 0.25) is 0 Å². The molecule has 2 saturated heterocycles. The zero-order valence-electron chi connectivity index (χ0n) is 16.5. The number of piperidine rings is 1. The Morgan fingerprint density at radius 1 is 1.26 bits per heavy atom. The number of amides is 1. The van der Waals surface area contributed by atoms with E-state index in [0.29, 0.717) is 13.2 Å². The van der Waals surface area contributed by atoms with Crippen LogP contribution in [0.3, 0.4) is 0 Å². The standard InChI is InChI=1S/C18H21N3O2S.C2HF3O2/c22-18(14-5-10-24-13-14)21-8-9-23-17-4-7-20(12-16(17)21)11-15-3-1-2-6-19-15;3-2(4,5)1(6)7/h1-3,5-6,10,13,16-17H,4,7-9,11-12H2;(H,6,7)/t16-,17-;/m0./s1. The average Bonchev–Trinajstić information content (AvgIpc) is 3.28. The first-order valence-corrected chi connectivity index (χ1v) is 10.6. The molecule has 2 aromatic heterocycles. The minimum atomic E-state index is -5.08. The Hall–Kier alpha value is -2.50. The second-order valence-corrected chi connectivity index (χ2v) is 7.91. The van der Waals surface area contributed by atoms with Crippen molar-refractivity contribution in [3.63, 3.8) is 0 Å². The molecular formula is C20H22F3N3O4S. The Bertz CT molecular complexity index is 864. The van der Waals surface area contributed by atoms with Crippen molar-refractivity contribution in [1.29, 1.82) is 0 Å². The van der Waals surface area contributed by atoms with E-state index in [9.17, 15) is 18.0 Å². The van der Waals surface area contributed by atoms with Gasteiger partial charge in [-0.3, -0.25) is 14.7 Å². The number of rotatable bonds is 3. The predicted octanol–water partition coefficient (Wildman–Crippen LogP) is 2.89. The van der Waals surface area contributed by atoms with E-state index in [-0.39, 0.29) is 18.1 Å². The Balaban J connectivity index is 0.000000339. The number of ether oxygens (including phenoxy) is 1. The van der Waals surface area contributed by atoms with E-state index in [1.807, 2.05) is 40.1 Å². The summed E-state index contributed by atoms with van der Waals surface area (Å²) in [6.45, 7) is 3.96. The first kappa shape index (κ1) is 23.2. The van der Waals surface area contributed by atoms with Gasteiger partial charge in [0.25, 0.3) is 5.91 Å². The highest BCUT2D eigenvalue weighted by atomic mass is 32.1. The summed E-state index contributed by atoms with van der Waals surface area (Å²) in [4.78, 5) is 30.5. The summed E-state index contributed by atoms with van der Waals surface area (Å²) < 4.78 is 37.7. The van der Waals surface area contributed by atoms with Gasteiger partial charge in [-0.25, -0.2) is 4.79 Å². The number of aromatic nitrogens is 1. The van der Waals surface area contributed by atoms with Gasteiger partial charge in [-0.05, 0) is 30.0 Å². The number of carbonyl (C=O) groups is 2. The Labute approximate surface area is 181 Å². The maximum atomic E-state index is 12.8. The fourth-order valence-electron chi connectivity index (χ4n) is 3.61. The van der Waals surface area contributed by atoms with Crippen molar-refractivity contribution in [2.24, 2.45) is 0 Å². The molecule has 0 unspecified atom stereocenters.